The van der Waals surface area contributed by atoms with Crippen LogP contribution in [0.4, 0.5) is 0 Å². The summed E-state index contributed by atoms with van der Waals surface area (Å²) in [7, 11) is -4.12. The van der Waals surface area contributed by atoms with E-state index in [0.717, 1.165) is 0 Å². The molecule has 0 heterocycles. The predicted molar refractivity (Wildman–Crippen MR) is 66.7 cm³/mol. The molecule has 5 nitrogen and oxygen atoms in total. The summed E-state index contributed by atoms with van der Waals surface area (Å²) in [6, 6.07) is 0. The highest BCUT2D eigenvalue weighted by Crippen LogP contribution is 2.65. The van der Waals surface area contributed by atoms with E-state index in [-0.39, 0.29) is 27.4 Å². The van der Waals surface area contributed by atoms with E-state index in [4.69, 9.17) is 4.55 Å². The summed E-state index contributed by atoms with van der Waals surface area (Å²) in [6.45, 7) is 3.85. The normalized spacial score (nSPS) is 39.2. The molecule has 0 aromatic carbocycles. The summed E-state index contributed by atoms with van der Waals surface area (Å²) < 4.78 is 31.2. The largest absolute Gasteiger partial charge is 0.412 e. The average molecular weight is 329 g/mol. The van der Waals surface area contributed by atoms with Crippen LogP contribution in [0.1, 0.15) is 26.7 Å². The van der Waals surface area contributed by atoms with Crippen LogP contribution in [0.5, 0.6) is 0 Å². The maximum atomic E-state index is 12.0. The Balaban J connectivity index is 0.00000144. The van der Waals surface area contributed by atoms with E-state index in [1.807, 2.05) is 13.8 Å². The van der Waals surface area contributed by atoms with Gasteiger partial charge in [0.15, 0.2) is 0 Å². The van der Waals surface area contributed by atoms with Crippen molar-refractivity contribution in [3.05, 3.63) is 0 Å². The highest BCUT2D eigenvalue weighted by molar-refractivity contribution is 9.09. The first-order valence-corrected chi connectivity index (χ1v) is 7.75. The van der Waals surface area contributed by atoms with Crippen LogP contribution in [0.15, 0.2) is 0 Å². The number of carbonyl (C=O) groups is 1. The molecule has 7 heteroatoms. The van der Waals surface area contributed by atoms with Gasteiger partial charge in [-0.1, -0.05) is 29.8 Å². The topological polar surface area (TPSA) is 103 Å². The van der Waals surface area contributed by atoms with Gasteiger partial charge in [0.05, 0.1) is 11.2 Å². The number of fused-ring (bicyclic) bond motifs is 2. The van der Waals surface area contributed by atoms with Gasteiger partial charge in [0, 0.05) is 11.2 Å². The minimum absolute atomic E-state index is 0. The van der Waals surface area contributed by atoms with E-state index in [2.05, 4.69) is 15.9 Å². The van der Waals surface area contributed by atoms with Crippen molar-refractivity contribution in [3.8, 4) is 0 Å². The van der Waals surface area contributed by atoms with Gasteiger partial charge in [0.25, 0.3) is 10.1 Å². The summed E-state index contributed by atoms with van der Waals surface area (Å²) in [5.41, 5.74) is -1.27. The monoisotopic (exact) mass is 328 g/mol. The molecule has 0 radical (unpaired) electrons. The summed E-state index contributed by atoms with van der Waals surface area (Å²) in [6.07, 6.45) is 0.918. The number of hydrogen-bond acceptors (Lipinski definition) is 3. The number of carbonyl (C=O) groups excluding carboxylic acids is 1. The van der Waals surface area contributed by atoms with Crippen molar-refractivity contribution in [1.82, 2.24) is 0 Å². The lowest BCUT2D eigenvalue weighted by Crippen LogP contribution is -2.42. The van der Waals surface area contributed by atoms with Gasteiger partial charge in [-0.2, -0.15) is 8.42 Å². The fourth-order valence-corrected chi connectivity index (χ4v) is 6.11. The molecule has 0 saturated heterocycles. The van der Waals surface area contributed by atoms with Crippen LogP contribution < -0.4 is 0 Å². The maximum absolute atomic E-state index is 12.0. The first kappa shape index (κ1) is 15.1. The van der Waals surface area contributed by atoms with Gasteiger partial charge >= 0.3 is 0 Å². The number of halogens is 1. The highest BCUT2D eigenvalue weighted by atomic mass is 79.9. The molecule has 0 aliphatic heterocycles. The van der Waals surface area contributed by atoms with Crippen molar-refractivity contribution >= 4 is 31.8 Å². The first-order chi connectivity index (χ1) is 7.10. The van der Waals surface area contributed by atoms with Gasteiger partial charge in [-0.05, 0) is 17.8 Å². The third-order valence-corrected chi connectivity index (χ3v) is 6.33. The Bertz CT molecular complexity index is 444. The van der Waals surface area contributed by atoms with E-state index < -0.39 is 21.3 Å². The van der Waals surface area contributed by atoms with Crippen LogP contribution in [0.3, 0.4) is 0 Å². The smallest absolute Gasteiger partial charge is 0.265 e. The molecule has 3 N–H and O–H groups in total. The van der Waals surface area contributed by atoms with Crippen molar-refractivity contribution in [1.29, 1.82) is 0 Å². The summed E-state index contributed by atoms with van der Waals surface area (Å²) >= 11 is 3.51. The highest BCUT2D eigenvalue weighted by Gasteiger charge is 2.68. The summed E-state index contributed by atoms with van der Waals surface area (Å²) in [5, 5.41) is 0. The second kappa shape index (κ2) is 4.01. The zero-order valence-electron chi connectivity index (χ0n) is 9.73. The minimum atomic E-state index is -4.12. The quantitative estimate of drug-likeness (QED) is 0.598. The molecule has 17 heavy (non-hydrogen) atoms. The molecular formula is C10H17BrO5S. The van der Waals surface area contributed by atoms with Crippen LogP contribution in [0.2, 0.25) is 0 Å². The fraction of sp³-hybridized carbons (Fsp3) is 0.900. The summed E-state index contributed by atoms with van der Waals surface area (Å²) in [5.74, 6) is -0.290. The second-order valence-electron chi connectivity index (χ2n) is 5.48. The number of ketones is 1. The van der Waals surface area contributed by atoms with E-state index in [9.17, 15) is 13.2 Å². The van der Waals surface area contributed by atoms with Crippen LogP contribution >= 0.6 is 15.9 Å². The standard InChI is InChI=1S/C10H15BrO4S.H2O/c1-9(2)6-3-8(12)10(9,4-7(6)11)5-16(13,14)15;/h6-7H,3-5H2,1-2H3,(H,13,14,15);1H2/t6?,7?,10-;/m1./s1. The number of alkyl halides is 1. The molecule has 2 fully saturated rings. The maximum Gasteiger partial charge on any atom is 0.265 e. The molecule has 0 aromatic rings. The molecule has 3 atom stereocenters. The third kappa shape index (κ3) is 1.97. The lowest BCUT2D eigenvalue weighted by atomic mass is 9.70. The molecule has 2 saturated carbocycles. The van der Waals surface area contributed by atoms with Crippen molar-refractivity contribution in [2.75, 3.05) is 5.75 Å². The predicted octanol–water partition coefficient (Wildman–Crippen LogP) is 0.818. The number of hydrogen-bond donors (Lipinski definition) is 1. The Morgan fingerprint density at radius 1 is 1.47 bits per heavy atom. The van der Waals surface area contributed by atoms with Gasteiger partial charge in [-0.25, -0.2) is 0 Å². The van der Waals surface area contributed by atoms with Gasteiger partial charge in [0.2, 0.25) is 0 Å². The van der Waals surface area contributed by atoms with Crippen molar-refractivity contribution in [3.63, 3.8) is 0 Å². The number of Topliss-reactive ketones (excluding diaryl/α,β-unsaturated/α-hetero) is 1. The molecule has 0 amide bonds. The van der Waals surface area contributed by atoms with Crippen molar-refractivity contribution in [2.45, 2.75) is 31.5 Å². The number of rotatable bonds is 2. The first-order valence-electron chi connectivity index (χ1n) is 5.23. The van der Waals surface area contributed by atoms with Crippen LogP contribution in [0, 0.1) is 16.7 Å². The zero-order chi connectivity index (χ0) is 12.4. The van der Waals surface area contributed by atoms with Gasteiger partial charge in [-0.15, -0.1) is 0 Å². The molecule has 2 unspecified atom stereocenters. The molecule has 2 aliphatic rings. The van der Waals surface area contributed by atoms with Gasteiger partial charge < -0.3 is 5.48 Å². The Morgan fingerprint density at radius 2 is 2.00 bits per heavy atom. The van der Waals surface area contributed by atoms with Crippen LogP contribution in [-0.2, 0) is 14.9 Å². The molecular weight excluding hydrogens is 312 g/mol. The Labute approximate surface area is 109 Å². The van der Waals surface area contributed by atoms with Crippen molar-refractivity contribution < 1.29 is 23.2 Å². The van der Waals surface area contributed by atoms with Crippen LogP contribution in [-0.4, -0.2) is 34.8 Å². The second-order valence-corrected chi connectivity index (χ2v) is 8.11. The Hall–Kier alpha value is 0.0200. The molecule has 0 spiro atoms. The fourth-order valence-electron chi connectivity index (χ4n) is 3.43. The van der Waals surface area contributed by atoms with Crippen LogP contribution in [0.25, 0.3) is 0 Å². The molecule has 2 aliphatic carbocycles. The van der Waals surface area contributed by atoms with Crippen molar-refractivity contribution in [2.24, 2.45) is 16.7 Å². The van der Waals surface area contributed by atoms with E-state index >= 15 is 0 Å². The lowest BCUT2D eigenvalue weighted by molar-refractivity contribution is -0.128. The zero-order valence-corrected chi connectivity index (χ0v) is 12.1. The lowest BCUT2D eigenvalue weighted by Gasteiger charge is -2.35. The van der Waals surface area contributed by atoms with E-state index in [1.54, 1.807) is 0 Å². The molecule has 0 aromatic heterocycles. The third-order valence-electron chi connectivity index (χ3n) is 4.51. The minimum Gasteiger partial charge on any atom is -0.412 e. The molecule has 100 valence electrons. The van der Waals surface area contributed by atoms with E-state index in [0.29, 0.717) is 12.8 Å². The van der Waals surface area contributed by atoms with E-state index in [1.165, 1.54) is 0 Å². The van der Waals surface area contributed by atoms with Gasteiger partial charge in [-0.3, -0.25) is 9.35 Å². The SMILES string of the molecule is CC1(C)C2CC(=O)[C@]1(CS(=O)(=O)O)CC2Br.O. The molecule has 2 rings (SSSR count). The average Bonchev–Trinajstić information content (AvgIpc) is 2.32. The Kier molecular flexibility index (Phi) is 3.56. The van der Waals surface area contributed by atoms with Gasteiger partial charge in [0.1, 0.15) is 5.78 Å². The molecule has 2 bridgehead atoms. The summed E-state index contributed by atoms with van der Waals surface area (Å²) in [4.78, 5) is 12.2. The Morgan fingerprint density at radius 3 is 2.35 bits per heavy atom.